The van der Waals surface area contributed by atoms with Gasteiger partial charge in [-0.1, -0.05) is 6.07 Å². The summed E-state index contributed by atoms with van der Waals surface area (Å²) >= 11 is 0. The third-order valence-electron chi connectivity index (χ3n) is 3.65. The highest BCUT2D eigenvalue weighted by Gasteiger charge is 2.09. The van der Waals surface area contributed by atoms with Gasteiger partial charge in [0, 0.05) is 41.4 Å². The number of carbonyl (C=O) groups excluding carboxylic acids is 2. The molecule has 0 radical (unpaired) electrons. The highest BCUT2D eigenvalue weighted by atomic mass is 16.4. The number of carbonyl (C=O) groups is 2. The van der Waals surface area contributed by atoms with Gasteiger partial charge in [-0.2, -0.15) is 0 Å². The molecule has 126 valence electrons. The summed E-state index contributed by atoms with van der Waals surface area (Å²) in [6, 6.07) is 13.2. The van der Waals surface area contributed by atoms with Gasteiger partial charge in [0.2, 0.25) is 5.91 Å². The molecule has 0 aliphatic heterocycles. The lowest BCUT2D eigenvalue weighted by Gasteiger charge is -2.08. The third kappa shape index (κ3) is 3.74. The van der Waals surface area contributed by atoms with E-state index in [4.69, 9.17) is 4.42 Å². The molecule has 1 aromatic heterocycles. The molecule has 2 N–H and O–H groups in total. The van der Waals surface area contributed by atoms with Gasteiger partial charge in [-0.15, -0.1) is 0 Å². The van der Waals surface area contributed by atoms with Crippen molar-refractivity contribution in [2.24, 2.45) is 0 Å². The SMILES string of the molecule is CC(=O)Nc1cccc(C(=O)Nc2ccc3c(C)cc(=O)oc3c2)c1. The van der Waals surface area contributed by atoms with E-state index in [1.807, 2.05) is 6.92 Å². The Labute approximate surface area is 143 Å². The molecule has 0 unspecified atom stereocenters. The number of fused-ring (bicyclic) bond motifs is 1. The molecule has 0 bridgehead atoms. The highest BCUT2D eigenvalue weighted by Crippen LogP contribution is 2.21. The lowest BCUT2D eigenvalue weighted by atomic mass is 10.1. The normalized spacial score (nSPS) is 10.5. The Morgan fingerprint density at radius 2 is 1.72 bits per heavy atom. The van der Waals surface area contributed by atoms with E-state index in [9.17, 15) is 14.4 Å². The van der Waals surface area contributed by atoms with Crippen LogP contribution < -0.4 is 16.3 Å². The first kappa shape index (κ1) is 16.4. The fourth-order valence-electron chi connectivity index (χ4n) is 2.55. The smallest absolute Gasteiger partial charge is 0.336 e. The van der Waals surface area contributed by atoms with E-state index in [0.717, 1.165) is 10.9 Å². The number of hydrogen-bond donors (Lipinski definition) is 2. The molecule has 6 nitrogen and oxygen atoms in total. The van der Waals surface area contributed by atoms with Crippen LogP contribution in [0.3, 0.4) is 0 Å². The molecule has 0 atom stereocenters. The van der Waals surface area contributed by atoms with Crippen molar-refractivity contribution in [2.45, 2.75) is 13.8 Å². The van der Waals surface area contributed by atoms with Crippen molar-refractivity contribution in [3.8, 4) is 0 Å². The Balaban J connectivity index is 1.87. The number of aryl methyl sites for hydroxylation is 1. The van der Waals surface area contributed by atoms with Gasteiger partial charge in [0.05, 0.1) is 0 Å². The van der Waals surface area contributed by atoms with Crippen molar-refractivity contribution in [1.82, 2.24) is 0 Å². The zero-order chi connectivity index (χ0) is 18.0. The summed E-state index contributed by atoms with van der Waals surface area (Å²) in [7, 11) is 0. The monoisotopic (exact) mass is 336 g/mol. The maximum atomic E-state index is 12.4. The minimum atomic E-state index is -0.434. The van der Waals surface area contributed by atoms with Gasteiger partial charge < -0.3 is 15.1 Å². The molecule has 2 aromatic carbocycles. The average Bonchev–Trinajstić information content (AvgIpc) is 2.54. The zero-order valence-corrected chi connectivity index (χ0v) is 13.8. The average molecular weight is 336 g/mol. The maximum Gasteiger partial charge on any atom is 0.336 e. The molecule has 0 spiro atoms. The predicted molar refractivity (Wildman–Crippen MR) is 95.9 cm³/mol. The molecule has 0 aliphatic carbocycles. The van der Waals surface area contributed by atoms with E-state index < -0.39 is 5.63 Å². The summed E-state index contributed by atoms with van der Waals surface area (Å²) in [4.78, 5) is 35.0. The Morgan fingerprint density at radius 3 is 2.48 bits per heavy atom. The molecule has 0 aliphatic rings. The number of hydrogen-bond acceptors (Lipinski definition) is 4. The number of benzene rings is 2. The van der Waals surface area contributed by atoms with E-state index in [1.54, 1.807) is 42.5 Å². The maximum absolute atomic E-state index is 12.4. The Kier molecular flexibility index (Phi) is 4.35. The standard InChI is InChI=1S/C19H16N2O4/c1-11-8-18(23)25-17-10-15(6-7-16(11)17)21-19(24)13-4-3-5-14(9-13)20-12(2)22/h3-10H,1-2H3,(H,20,22)(H,21,24). The van der Waals surface area contributed by atoms with Crippen LogP contribution >= 0.6 is 0 Å². The van der Waals surface area contributed by atoms with E-state index >= 15 is 0 Å². The van der Waals surface area contributed by atoms with Gasteiger partial charge in [0.25, 0.3) is 5.91 Å². The number of amides is 2. The second-order valence-corrected chi connectivity index (χ2v) is 5.68. The summed E-state index contributed by atoms with van der Waals surface area (Å²) in [5.74, 6) is -0.543. The summed E-state index contributed by atoms with van der Waals surface area (Å²) in [5.41, 5.74) is 2.24. The van der Waals surface area contributed by atoms with E-state index in [1.165, 1.54) is 13.0 Å². The van der Waals surface area contributed by atoms with E-state index in [2.05, 4.69) is 10.6 Å². The Bertz CT molecular complexity index is 1040. The second kappa shape index (κ2) is 6.60. The first-order valence-corrected chi connectivity index (χ1v) is 7.66. The first-order chi connectivity index (χ1) is 11.9. The second-order valence-electron chi connectivity index (χ2n) is 5.68. The van der Waals surface area contributed by atoms with Gasteiger partial charge in [-0.05, 0) is 42.8 Å². The van der Waals surface area contributed by atoms with Gasteiger partial charge in [0.1, 0.15) is 5.58 Å². The number of nitrogens with one attached hydrogen (secondary N) is 2. The molecule has 0 saturated heterocycles. The topological polar surface area (TPSA) is 88.4 Å². The molecule has 25 heavy (non-hydrogen) atoms. The summed E-state index contributed by atoms with van der Waals surface area (Å²) in [6.07, 6.45) is 0. The van der Waals surface area contributed by atoms with E-state index in [-0.39, 0.29) is 11.8 Å². The fourth-order valence-corrected chi connectivity index (χ4v) is 2.55. The molecule has 3 aromatic rings. The van der Waals surface area contributed by atoms with Crippen LogP contribution in [0.25, 0.3) is 11.0 Å². The molecule has 0 saturated carbocycles. The largest absolute Gasteiger partial charge is 0.423 e. The fraction of sp³-hybridized carbons (Fsp3) is 0.105. The van der Waals surface area contributed by atoms with Gasteiger partial charge >= 0.3 is 5.63 Å². The van der Waals surface area contributed by atoms with Crippen molar-refractivity contribution in [3.63, 3.8) is 0 Å². The van der Waals surface area contributed by atoms with Crippen molar-refractivity contribution in [3.05, 3.63) is 70.1 Å². The van der Waals surface area contributed by atoms with Crippen LogP contribution in [-0.4, -0.2) is 11.8 Å². The quantitative estimate of drug-likeness (QED) is 0.718. The summed E-state index contributed by atoms with van der Waals surface area (Å²) in [5, 5.41) is 6.20. The van der Waals surface area contributed by atoms with Crippen LogP contribution in [0.15, 0.2) is 57.7 Å². The van der Waals surface area contributed by atoms with Gasteiger partial charge in [-0.3, -0.25) is 9.59 Å². The lowest BCUT2D eigenvalue weighted by molar-refractivity contribution is -0.114. The summed E-state index contributed by atoms with van der Waals surface area (Å²) < 4.78 is 5.18. The first-order valence-electron chi connectivity index (χ1n) is 7.66. The molecule has 0 fully saturated rings. The van der Waals surface area contributed by atoms with Crippen molar-refractivity contribution >= 4 is 34.2 Å². The van der Waals surface area contributed by atoms with Crippen LogP contribution in [0.4, 0.5) is 11.4 Å². The molecule has 2 amide bonds. The molecular weight excluding hydrogens is 320 g/mol. The van der Waals surface area contributed by atoms with Crippen molar-refractivity contribution in [1.29, 1.82) is 0 Å². The summed E-state index contributed by atoms with van der Waals surface area (Å²) in [6.45, 7) is 3.22. The van der Waals surface area contributed by atoms with Crippen LogP contribution in [0.1, 0.15) is 22.8 Å². The molecule has 1 heterocycles. The van der Waals surface area contributed by atoms with Crippen molar-refractivity contribution in [2.75, 3.05) is 10.6 Å². The third-order valence-corrected chi connectivity index (χ3v) is 3.65. The highest BCUT2D eigenvalue weighted by molar-refractivity contribution is 6.06. The minimum absolute atomic E-state index is 0.211. The Hall–Kier alpha value is -3.41. The van der Waals surface area contributed by atoms with Crippen LogP contribution in [-0.2, 0) is 4.79 Å². The predicted octanol–water partition coefficient (Wildman–Crippen LogP) is 3.31. The molecular formula is C19H16N2O4. The Morgan fingerprint density at radius 1 is 0.960 bits per heavy atom. The number of anilines is 2. The minimum Gasteiger partial charge on any atom is -0.423 e. The van der Waals surface area contributed by atoms with Gasteiger partial charge in [0.15, 0.2) is 0 Å². The van der Waals surface area contributed by atoms with Crippen LogP contribution in [0.5, 0.6) is 0 Å². The lowest BCUT2D eigenvalue weighted by Crippen LogP contribution is -2.13. The zero-order valence-electron chi connectivity index (χ0n) is 13.8. The number of rotatable bonds is 3. The molecule has 6 heteroatoms. The van der Waals surface area contributed by atoms with Crippen LogP contribution in [0.2, 0.25) is 0 Å². The van der Waals surface area contributed by atoms with Gasteiger partial charge in [-0.25, -0.2) is 4.79 Å². The van der Waals surface area contributed by atoms with E-state index in [0.29, 0.717) is 22.5 Å². The van der Waals surface area contributed by atoms with Crippen molar-refractivity contribution < 1.29 is 14.0 Å². The molecule has 3 rings (SSSR count). The van der Waals surface area contributed by atoms with Crippen LogP contribution in [0, 0.1) is 6.92 Å².